The summed E-state index contributed by atoms with van der Waals surface area (Å²) in [6.45, 7) is 2.70. The van der Waals surface area contributed by atoms with Crippen LogP contribution in [0.1, 0.15) is 40.7 Å². The predicted octanol–water partition coefficient (Wildman–Crippen LogP) is 3.06. The SMILES string of the molecule is CC(NC(=O)c1cccc(C2CCOC2)c1)(C(=O)O)c1ccc(F)cc1. The summed E-state index contributed by atoms with van der Waals surface area (Å²) in [5.74, 6) is -1.96. The summed E-state index contributed by atoms with van der Waals surface area (Å²) >= 11 is 0. The van der Waals surface area contributed by atoms with Gasteiger partial charge in [0, 0.05) is 18.1 Å². The van der Waals surface area contributed by atoms with Crippen LogP contribution in [0.25, 0.3) is 0 Å². The van der Waals surface area contributed by atoms with Crippen LogP contribution in [0, 0.1) is 5.82 Å². The topological polar surface area (TPSA) is 75.6 Å². The first kappa shape index (κ1) is 18.1. The Labute approximate surface area is 150 Å². The van der Waals surface area contributed by atoms with E-state index in [0.717, 1.165) is 12.0 Å². The van der Waals surface area contributed by atoms with E-state index in [0.29, 0.717) is 24.3 Å². The van der Waals surface area contributed by atoms with Crippen molar-refractivity contribution in [2.75, 3.05) is 13.2 Å². The maximum atomic E-state index is 13.2. The number of benzene rings is 2. The van der Waals surface area contributed by atoms with Crippen molar-refractivity contribution >= 4 is 11.9 Å². The van der Waals surface area contributed by atoms with E-state index in [1.165, 1.54) is 31.2 Å². The van der Waals surface area contributed by atoms with E-state index < -0.39 is 23.2 Å². The number of halogens is 1. The second-order valence-electron chi connectivity index (χ2n) is 6.58. The standard InChI is InChI=1S/C20H20FNO4/c1-20(19(24)25,16-5-7-17(21)8-6-16)22-18(23)14-4-2-3-13(11-14)15-9-10-26-12-15/h2-8,11,15H,9-10,12H2,1H3,(H,22,23)(H,24,25). The normalized spacial score (nSPS) is 18.9. The fourth-order valence-corrected chi connectivity index (χ4v) is 3.06. The Morgan fingerprint density at radius 1 is 1.23 bits per heavy atom. The Hall–Kier alpha value is -2.73. The molecule has 1 fully saturated rings. The zero-order valence-corrected chi connectivity index (χ0v) is 14.4. The lowest BCUT2D eigenvalue weighted by atomic mass is 9.91. The van der Waals surface area contributed by atoms with Crippen LogP contribution in [-0.2, 0) is 15.1 Å². The number of hydrogen-bond donors (Lipinski definition) is 2. The molecule has 1 amide bonds. The summed E-state index contributed by atoms with van der Waals surface area (Å²) in [7, 11) is 0. The third kappa shape index (κ3) is 3.60. The summed E-state index contributed by atoms with van der Waals surface area (Å²) in [4.78, 5) is 24.5. The quantitative estimate of drug-likeness (QED) is 0.862. The Morgan fingerprint density at radius 2 is 1.96 bits per heavy atom. The van der Waals surface area contributed by atoms with Crippen molar-refractivity contribution < 1.29 is 23.8 Å². The van der Waals surface area contributed by atoms with Crippen LogP contribution in [0.15, 0.2) is 48.5 Å². The van der Waals surface area contributed by atoms with Crippen LogP contribution >= 0.6 is 0 Å². The lowest BCUT2D eigenvalue weighted by molar-refractivity contribution is -0.144. The maximum absolute atomic E-state index is 13.2. The van der Waals surface area contributed by atoms with Crippen molar-refractivity contribution in [3.05, 3.63) is 71.0 Å². The van der Waals surface area contributed by atoms with Crippen LogP contribution in [0.5, 0.6) is 0 Å². The van der Waals surface area contributed by atoms with Gasteiger partial charge >= 0.3 is 5.97 Å². The van der Waals surface area contributed by atoms with Gasteiger partial charge in [-0.15, -0.1) is 0 Å². The molecule has 2 N–H and O–H groups in total. The van der Waals surface area contributed by atoms with Crippen LogP contribution in [0.3, 0.4) is 0 Å². The molecule has 0 aromatic heterocycles. The molecule has 0 saturated carbocycles. The third-order valence-electron chi connectivity index (χ3n) is 4.76. The average molecular weight is 357 g/mol. The van der Waals surface area contributed by atoms with Gasteiger partial charge in [0.2, 0.25) is 0 Å². The fourth-order valence-electron chi connectivity index (χ4n) is 3.06. The molecular formula is C20H20FNO4. The van der Waals surface area contributed by atoms with Gasteiger partial charge in [0.05, 0.1) is 6.61 Å². The zero-order valence-electron chi connectivity index (χ0n) is 14.4. The minimum absolute atomic E-state index is 0.241. The van der Waals surface area contributed by atoms with E-state index in [2.05, 4.69) is 5.32 Å². The minimum Gasteiger partial charge on any atom is -0.479 e. The minimum atomic E-state index is -1.67. The number of amides is 1. The molecule has 2 unspecified atom stereocenters. The van der Waals surface area contributed by atoms with Crippen molar-refractivity contribution in [2.24, 2.45) is 0 Å². The number of carboxylic acids is 1. The van der Waals surface area contributed by atoms with Crippen molar-refractivity contribution in [3.8, 4) is 0 Å². The molecule has 2 atom stereocenters. The molecule has 0 radical (unpaired) electrons. The van der Waals surface area contributed by atoms with E-state index in [-0.39, 0.29) is 5.92 Å². The first-order chi connectivity index (χ1) is 12.4. The van der Waals surface area contributed by atoms with E-state index >= 15 is 0 Å². The lowest BCUT2D eigenvalue weighted by Crippen LogP contribution is -2.49. The highest BCUT2D eigenvalue weighted by Gasteiger charge is 2.37. The summed E-state index contributed by atoms with van der Waals surface area (Å²) in [6.07, 6.45) is 0.896. The number of carbonyl (C=O) groups is 2. The highest BCUT2D eigenvalue weighted by Crippen LogP contribution is 2.27. The van der Waals surface area contributed by atoms with E-state index in [1.807, 2.05) is 6.07 Å². The van der Waals surface area contributed by atoms with Gasteiger partial charge in [0.1, 0.15) is 5.82 Å². The molecule has 26 heavy (non-hydrogen) atoms. The van der Waals surface area contributed by atoms with Crippen LogP contribution in [-0.4, -0.2) is 30.2 Å². The van der Waals surface area contributed by atoms with Crippen LogP contribution in [0.2, 0.25) is 0 Å². The summed E-state index contributed by atoms with van der Waals surface area (Å²) in [5.41, 5.74) is -0.00453. The van der Waals surface area contributed by atoms with Crippen molar-refractivity contribution in [1.82, 2.24) is 5.32 Å². The Kier molecular flexibility index (Phi) is 5.04. The molecule has 1 aliphatic rings. The van der Waals surface area contributed by atoms with E-state index in [4.69, 9.17) is 4.74 Å². The van der Waals surface area contributed by atoms with Gasteiger partial charge in [0.25, 0.3) is 5.91 Å². The molecule has 1 aliphatic heterocycles. The first-order valence-corrected chi connectivity index (χ1v) is 8.40. The number of nitrogens with one attached hydrogen (secondary N) is 1. The average Bonchev–Trinajstić information content (AvgIpc) is 3.17. The van der Waals surface area contributed by atoms with Gasteiger partial charge in [-0.25, -0.2) is 9.18 Å². The number of ether oxygens (including phenoxy) is 1. The summed E-state index contributed by atoms with van der Waals surface area (Å²) in [5, 5.41) is 12.2. The molecular weight excluding hydrogens is 337 g/mol. The monoisotopic (exact) mass is 357 g/mol. The van der Waals surface area contributed by atoms with Gasteiger partial charge in [-0.2, -0.15) is 0 Å². The fraction of sp³-hybridized carbons (Fsp3) is 0.300. The molecule has 5 nitrogen and oxygen atoms in total. The van der Waals surface area contributed by atoms with Crippen molar-refractivity contribution in [2.45, 2.75) is 24.8 Å². The molecule has 0 bridgehead atoms. The largest absolute Gasteiger partial charge is 0.479 e. The smallest absolute Gasteiger partial charge is 0.333 e. The molecule has 1 saturated heterocycles. The van der Waals surface area contributed by atoms with Gasteiger partial charge in [-0.3, -0.25) is 4.79 Å². The highest BCUT2D eigenvalue weighted by atomic mass is 19.1. The van der Waals surface area contributed by atoms with E-state index in [1.54, 1.807) is 18.2 Å². The van der Waals surface area contributed by atoms with E-state index in [9.17, 15) is 19.1 Å². The number of carboxylic acid groups (broad SMARTS) is 1. The molecule has 6 heteroatoms. The van der Waals surface area contributed by atoms with Gasteiger partial charge in [-0.1, -0.05) is 24.3 Å². The maximum Gasteiger partial charge on any atom is 0.333 e. The lowest BCUT2D eigenvalue weighted by Gasteiger charge is -2.27. The Morgan fingerprint density at radius 3 is 2.58 bits per heavy atom. The molecule has 2 aromatic rings. The zero-order chi connectivity index (χ0) is 18.7. The molecule has 0 spiro atoms. The molecule has 2 aromatic carbocycles. The van der Waals surface area contributed by atoms with Crippen LogP contribution < -0.4 is 5.32 Å². The highest BCUT2D eigenvalue weighted by molar-refractivity contribution is 5.98. The molecule has 136 valence electrons. The van der Waals surface area contributed by atoms with Crippen molar-refractivity contribution in [1.29, 1.82) is 0 Å². The summed E-state index contributed by atoms with van der Waals surface area (Å²) in [6, 6.07) is 12.2. The van der Waals surface area contributed by atoms with Gasteiger partial charge in [0.15, 0.2) is 5.54 Å². The van der Waals surface area contributed by atoms with Crippen molar-refractivity contribution in [3.63, 3.8) is 0 Å². The number of hydrogen-bond acceptors (Lipinski definition) is 3. The predicted molar refractivity (Wildman–Crippen MR) is 93.5 cm³/mol. The third-order valence-corrected chi connectivity index (χ3v) is 4.76. The second-order valence-corrected chi connectivity index (χ2v) is 6.58. The van der Waals surface area contributed by atoms with Gasteiger partial charge < -0.3 is 15.2 Å². The van der Waals surface area contributed by atoms with Gasteiger partial charge in [-0.05, 0) is 48.7 Å². The number of aliphatic carboxylic acids is 1. The Balaban J connectivity index is 1.85. The van der Waals surface area contributed by atoms with Crippen LogP contribution in [0.4, 0.5) is 4.39 Å². The molecule has 3 rings (SSSR count). The first-order valence-electron chi connectivity index (χ1n) is 8.40. The number of carbonyl (C=O) groups excluding carboxylic acids is 1. The molecule has 1 heterocycles. The Bertz CT molecular complexity index is 815. The second kappa shape index (κ2) is 7.25. The summed E-state index contributed by atoms with van der Waals surface area (Å²) < 4.78 is 18.5. The number of rotatable bonds is 5. The molecule has 0 aliphatic carbocycles.